The van der Waals surface area contributed by atoms with Gasteiger partial charge in [0.25, 0.3) is 0 Å². The minimum atomic E-state index is -0.955. The molecule has 1 aliphatic rings. The summed E-state index contributed by atoms with van der Waals surface area (Å²) in [6.45, 7) is 2.10. The van der Waals surface area contributed by atoms with Crippen molar-refractivity contribution in [2.24, 2.45) is 0 Å². The number of carbonyl (C=O) groups is 1. The third-order valence-electron chi connectivity index (χ3n) is 2.40. The van der Waals surface area contributed by atoms with Gasteiger partial charge in [-0.05, 0) is 6.42 Å². The Kier molecular flexibility index (Phi) is 5.01. The highest BCUT2D eigenvalue weighted by Gasteiger charge is 2.35. The summed E-state index contributed by atoms with van der Waals surface area (Å²) in [6.07, 6.45) is -0.285. The van der Waals surface area contributed by atoms with Crippen molar-refractivity contribution in [3.8, 4) is 0 Å². The number of unbranched alkanes of at least 4 members (excludes halogenated alkanes) is 1. The van der Waals surface area contributed by atoms with Gasteiger partial charge in [-0.15, -0.1) is 0 Å². The van der Waals surface area contributed by atoms with Crippen LogP contribution in [0.4, 0.5) is 0 Å². The van der Waals surface area contributed by atoms with Gasteiger partial charge in [-0.25, -0.2) is 0 Å². The zero-order valence-electron chi connectivity index (χ0n) is 8.89. The van der Waals surface area contributed by atoms with Crippen molar-refractivity contribution in [1.82, 2.24) is 0 Å². The summed E-state index contributed by atoms with van der Waals surface area (Å²) in [7, 11) is 0. The zero-order valence-corrected chi connectivity index (χ0v) is 8.89. The molecule has 0 aromatic heterocycles. The number of aliphatic hydroxyl groups excluding tert-OH is 2. The van der Waals surface area contributed by atoms with Gasteiger partial charge in [-0.2, -0.15) is 0 Å². The highest BCUT2D eigenvalue weighted by Crippen LogP contribution is 2.14. The van der Waals surface area contributed by atoms with Crippen LogP contribution in [0.3, 0.4) is 0 Å². The predicted molar refractivity (Wildman–Crippen MR) is 52.2 cm³/mol. The number of rotatable bonds is 5. The van der Waals surface area contributed by atoms with Crippen LogP contribution >= 0.6 is 0 Å². The van der Waals surface area contributed by atoms with Gasteiger partial charge in [-0.1, -0.05) is 13.3 Å². The Bertz CT molecular complexity index is 206. The van der Waals surface area contributed by atoms with Crippen LogP contribution in [0.1, 0.15) is 26.2 Å². The van der Waals surface area contributed by atoms with Crippen LogP contribution in [0, 0.1) is 0 Å². The second-order valence-corrected chi connectivity index (χ2v) is 3.72. The van der Waals surface area contributed by atoms with Gasteiger partial charge in [-0.3, -0.25) is 4.79 Å². The van der Waals surface area contributed by atoms with E-state index in [-0.39, 0.29) is 19.2 Å². The van der Waals surface area contributed by atoms with Gasteiger partial charge >= 0.3 is 5.97 Å². The topological polar surface area (TPSA) is 76.0 Å². The van der Waals surface area contributed by atoms with Gasteiger partial charge in [0.15, 0.2) is 0 Å². The highest BCUT2D eigenvalue weighted by atomic mass is 16.6. The van der Waals surface area contributed by atoms with E-state index in [4.69, 9.17) is 14.6 Å². The molecular formula is C10H18O5. The Morgan fingerprint density at radius 3 is 2.80 bits per heavy atom. The Morgan fingerprint density at radius 2 is 2.27 bits per heavy atom. The average Bonchev–Trinajstić information content (AvgIpc) is 2.54. The van der Waals surface area contributed by atoms with Crippen LogP contribution < -0.4 is 0 Å². The fraction of sp³-hybridized carbons (Fsp3) is 0.900. The third kappa shape index (κ3) is 3.77. The molecule has 1 rings (SSSR count). The predicted octanol–water partition coefficient (Wildman–Crippen LogP) is -0.160. The molecule has 5 heteroatoms. The Hall–Kier alpha value is -0.650. The largest absolute Gasteiger partial charge is 0.463 e. The van der Waals surface area contributed by atoms with Crippen molar-refractivity contribution in [2.75, 3.05) is 13.2 Å². The third-order valence-corrected chi connectivity index (χ3v) is 2.40. The first-order valence-corrected chi connectivity index (χ1v) is 5.28. The quantitative estimate of drug-likeness (QED) is 0.627. The monoisotopic (exact) mass is 218 g/mol. The van der Waals surface area contributed by atoms with Crippen LogP contribution in [-0.2, 0) is 14.3 Å². The van der Waals surface area contributed by atoms with Crippen LogP contribution in [0.5, 0.6) is 0 Å². The molecule has 0 bridgehead atoms. The van der Waals surface area contributed by atoms with E-state index >= 15 is 0 Å². The first kappa shape index (κ1) is 12.4. The molecular weight excluding hydrogens is 200 g/mol. The number of ether oxygens (including phenoxy) is 2. The molecule has 1 aliphatic heterocycles. The lowest BCUT2D eigenvalue weighted by Crippen LogP contribution is -2.33. The standard InChI is InChI=1S/C10H18O5/c1-2-3-4-9(12)15-6-8-10(13)7(11)5-14-8/h7-8,10-11,13H,2-6H2,1H3/t7-,8-,10-/m1/s1. The van der Waals surface area contributed by atoms with E-state index in [2.05, 4.69) is 0 Å². The lowest BCUT2D eigenvalue weighted by Gasteiger charge is -2.14. The minimum Gasteiger partial charge on any atom is -0.463 e. The molecule has 1 fully saturated rings. The van der Waals surface area contributed by atoms with Crippen molar-refractivity contribution < 1.29 is 24.5 Å². The van der Waals surface area contributed by atoms with E-state index in [1.807, 2.05) is 6.92 Å². The first-order chi connectivity index (χ1) is 7.15. The summed E-state index contributed by atoms with van der Waals surface area (Å²) in [5, 5.41) is 18.5. The second-order valence-electron chi connectivity index (χ2n) is 3.72. The van der Waals surface area contributed by atoms with Crippen LogP contribution in [-0.4, -0.2) is 47.7 Å². The molecule has 0 radical (unpaired) electrons. The van der Waals surface area contributed by atoms with E-state index in [9.17, 15) is 9.90 Å². The zero-order chi connectivity index (χ0) is 11.3. The fourth-order valence-corrected chi connectivity index (χ4v) is 1.38. The van der Waals surface area contributed by atoms with E-state index in [1.54, 1.807) is 0 Å². The molecule has 1 saturated heterocycles. The molecule has 2 N–H and O–H groups in total. The Morgan fingerprint density at radius 1 is 1.53 bits per heavy atom. The van der Waals surface area contributed by atoms with E-state index < -0.39 is 18.3 Å². The van der Waals surface area contributed by atoms with Gasteiger partial charge in [0.2, 0.25) is 0 Å². The number of hydrogen-bond acceptors (Lipinski definition) is 5. The molecule has 1 heterocycles. The molecule has 0 aliphatic carbocycles. The minimum absolute atomic E-state index is 0.0147. The fourth-order valence-electron chi connectivity index (χ4n) is 1.38. The number of esters is 1. The summed E-state index contributed by atoms with van der Waals surface area (Å²) in [4.78, 5) is 11.1. The summed E-state index contributed by atoms with van der Waals surface area (Å²) >= 11 is 0. The molecule has 0 aromatic carbocycles. The molecule has 0 unspecified atom stereocenters. The maximum atomic E-state index is 11.1. The molecule has 88 valence electrons. The SMILES string of the molecule is CCCCC(=O)OC[C@H]1OC[C@@H](O)[C@H]1O. The summed E-state index contributed by atoms with van der Waals surface area (Å²) in [5.74, 6) is -0.283. The summed E-state index contributed by atoms with van der Waals surface area (Å²) in [6, 6.07) is 0. The summed E-state index contributed by atoms with van der Waals surface area (Å²) in [5.41, 5.74) is 0. The smallest absolute Gasteiger partial charge is 0.305 e. The van der Waals surface area contributed by atoms with E-state index in [0.717, 1.165) is 12.8 Å². The van der Waals surface area contributed by atoms with Crippen molar-refractivity contribution in [1.29, 1.82) is 0 Å². The van der Waals surface area contributed by atoms with Crippen molar-refractivity contribution in [3.63, 3.8) is 0 Å². The number of hydrogen-bond donors (Lipinski definition) is 2. The maximum Gasteiger partial charge on any atom is 0.305 e. The van der Waals surface area contributed by atoms with Crippen LogP contribution in [0.15, 0.2) is 0 Å². The van der Waals surface area contributed by atoms with Crippen LogP contribution in [0.2, 0.25) is 0 Å². The summed E-state index contributed by atoms with van der Waals surface area (Å²) < 4.78 is 9.97. The van der Waals surface area contributed by atoms with Gasteiger partial charge in [0.1, 0.15) is 24.9 Å². The maximum absolute atomic E-state index is 11.1. The average molecular weight is 218 g/mol. The number of aliphatic hydroxyl groups is 2. The highest BCUT2D eigenvalue weighted by molar-refractivity contribution is 5.69. The van der Waals surface area contributed by atoms with Crippen molar-refractivity contribution in [2.45, 2.75) is 44.5 Å². The second kappa shape index (κ2) is 6.05. The molecule has 5 nitrogen and oxygen atoms in total. The lowest BCUT2D eigenvalue weighted by atomic mass is 10.1. The van der Waals surface area contributed by atoms with E-state index in [1.165, 1.54) is 0 Å². The van der Waals surface area contributed by atoms with Gasteiger partial charge in [0.05, 0.1) is 6.61 Å². The normalized spacial score (nSPS) is 30.5. The molecule has 0 aromatic rings. The van der Waals surface area contributed by atoms with Gasteiger partial charge < -0.3 is 19.7 Å². The molecule has 0 amide bonds. The molecule has 15 heavy (non-hydrogen) atoms. The Balaban J connectivity index is 2.17. The van der Waals surface area contributed by atoms with Crippen molar-refractivity contribution >= 4 is 5.97 Å². The molecule has 0 saturated carbocycles. The van der Waals surface area contributed by atoms with Crippen molar-refractivity contribution in [3.05, 3.63) is 0 Å². The van der Waals surface area contributed by atoms with Crippen LogP contribution in [0.25, 0.3) is 0 Å². The molecule has 0 spiro atoms. The molecule has 3 atom stereocenters. The Labute approximate surface area is 89.0 Å². The first-order valence-electron chi connectivity index (χ1n) is 5.28. The van der Waals surface area contributed by atoms with E-state index in [0.29, 0.717) is 6.42 Å². The number of carbonyl (C=O) groups excluding carboxylic acids is 1. The lowest BCUT2D eigenvalue weighted by molar-refractivity contribution is -0.148. The van der Waals surface area contributed by atoms with Gasteiger partial charge in [0, 0.05) is 6.42 Å².